The van der Waals surface area contributed by atoms with Gasteiger partial charge in [-0.15, -0.1) is 0 Å². The summed E-state index contributed by atoms with van der Waals surface area (Å²) >= 11 is 0. The Bertz CT molecular complexity index is 737. The van der Waals surface area contributed by atoms with Crippen LogP contribution in [0.4, 0.5) is 4.79 Å². The first-order chi connectivity index (χ1) is 15.6. The zero-order valence-corrected chi connectivity index (χ0v) is 19.3. The van der Waals surface area contributed by atoms with Crippen molar-refractivity contribution in [3.63, 3.8) is 0 Å². The van der Waals surface area contributed by atoms with Crippen LogP contribution in [0.5, 0.6) is 0 Å². The van der Waals surface area contributed by atoms with Gasteiger partial charge in [-0.3, -0.25) is 19.2 Å². The summed E-state index contributed by atoms with van der Waals surface area (Å²) in [7, 11) is 0. The average Bonchev–Trinajstić information content (AvgIpc) is 2.70. The van der Waals surface area contributed by atoms with Crippen LogP contribution >= 0.6 is 0 Å². The summed E-state index contributed by atoms with van der Waals surface area (Å²) in [4.78, 5) is 59.4. The number of rotatable bonds is 7. The molecule has 2 aliphatic rings. The first-order valence-electron chi connectivity index (χ1n) is 10.9. The van der Waals surface area contributed by atoms with Gasteiger partial charge in [0.25, 0.3) is 0 Å². The molecule has 1 saturated heterocycles. The van der Waals surface area contributed by atoms with Crippen LogP contribution in [0.3, 0.4) is 0 Å². The molecule has 0 aromatic heterocycles. The molecule has 1 saturated carbocycles. The lowest BCUT2D eigenvalue weighted by atomic mass is 9.95. The summed E-state index contributed by atoms with van der Waals surface area (Å²) in [6.45, 7) is 4.23. The predicted molar refractivity (Wildman–Crippen MR) is 110 cm³/mol. The number of esters is 4. The Morgan fingerprint density at radius 3 is 1.88 bits per heavy atom. The van der Waals surface area contributed by atoms with E-state index in [1.807, 2.05) is 0 Å². The Labute approximate surface area is 192 Å². The summed E-state index contributed by atoms with van der Waals surface area (Å²) in [5.74, 6) is -2.80. The molecule has 2 fully saturated rings. The van der Waals surface area contributed by atoms with Crippen molar-refractivity contribution in [3.05, 3.63) is 0 Å². The molecule has 0 bridgehead atoms. The van der Waals surface area contributed by atoms with Gasteiger partial charge < -0.3 is 34.3 Å². The van der Waals surface area contributed by atoms with Crippen molar-refractivity contribution in [3.8, 4) is 0 Å². The fourth-order valence-electron chi connectivity index (χ4n) is 3.95. The molecule has 0 spiro atoms. The second-order valence-electron chi connectivity index (χ2n) is 8.08. The number of carbonyl (C=O) groups is 5. The molecular formula is C21H32N2O10. The van der Waals surface area contributed by atoms with E-state index in [4.69, 9.17) is 23.7 Å². The number of amides is 2. The van der Waals surface area contributed by atoms with E-state index in [2.05, 4.69) is 10.6 Å². The normalized spacial score (nSPS) is 27.6. The molecule has 1 heterocycles. The Morgan fingerprint density at radius 1 is 0.758 bits per heavy atom. The topological polar surface area (TPSA) is 156 Å². The first-order valence-corrected chi connectivity index (χ1v) is 10.9. The van der Waals surface area contributed by atoms with Crippen LogP contribution < -0.4 is 10.6 Å². The molecule has 0 radical (unpaired) electrons. The molecule has 0 aromatic rings. The van der Waals surface area contributed by atoms with Crippen LogP contribution in [0, 0.1) is 0 Å². The molecule has 0 unspecified atom stereocenters. The lowest BCUT2D eigenvalue weighted by Gasteiger charge is -2.44. The molecule has 5 atom stereocenters. The van der Waals surface area contributed by atoms with Crippen LogP contribution in [0.15, 0.2) is 0 Å². The zero-order chi connectivity index (χ0) is 24.5. The monoisotopic (exact) mass is 472 g/mol. The first kappa shape index (κ1) is 26.4. The van der Waals surface area contributed by atoms with Crippen molar-refractivity contribution in [2.75, 3.05) is 6.61 Å². The number of hydrogen-bond acceptors (Lipinski definition) is 10. The van der Waals surface area contributed by atoms with E-state index in [-0.39, 0.29) is 12.6 Å². The van der Waals surface area contributed by atoms with Gasteiger partial charge in [-0.25, -0.2) is 4.79 Å². The van der Waals surface area contributed by atoms with E-state index in [1.165, 1.54) is 6.92 Å². The van der Waals surface area contributed by atoms with Gasteiger partial charge >= 0.3 is 29.9 Å². The van der Waals surface area contributed by atoms with Crippen LogP contribution in [0.25, 0.3) is 0 Å². The van der Waals surface area contributed by atoms with Gasteiger partial charge in [0.15, 0.2) is 12.2 Å². The number of hydrogen-bond donors (Lipinski definition) is 2. The third kappa shape index (κ3) is 8.52. The largest absolute Gasteiger partial charge is 0.463 e. The minimum absolute atomic E-state index is 0.0245. The van der Waals surface area contributed by atoms with Gasteiger partial charge in [0.1, 0.15) is 18.8 Å². The van der Waals surface area contributed by atoms with E-state index >= 15 is 0 Å². The minimum atomic E-state index is -1.41. The van der Waals surface area contributed by atoms with E-state index in [9.17, 15) is 24.0 Å². The molecular weight excluding hydrogens is 440 g/mol. The summed E-state index contributed by atoms with van der Waals surface area (Å²) in [6.07, 6.45) is -0.327. The average molecular weight is 472 g/mol. The highest BCUT2D eigenvalue weighted by Crippen LogP contribution is 2.28. The van der Waals surface area contributed by atoms with Crippen molar-refractivity contribution < 1.29 is 47.7 Å². The predicted octanol–water partition coefficient (Wildman–Crippen LogP) is 0.701. The van der Waals surface area contributed by atoms with Crippen LogP contribution in [0.2, 0.25) is 0 Å². The Kier molecular flexibility index (Phi) is 9.89. The lowest BCUT2D eigenvalue weighted by molar-refractivity contribution is -0.270. The fourth-order valence-corrected chi connectivity index (χ4v) is 3.95. The van der Waals surface area contributed by atoms with Crippen LogP contribution in [0.1, 0.15) is 59.8 Å². The SMILES string of the molecule is CC(=O)OC[C@H]1O[C@@H](OC(C)=O)[C@H](NC(=O)NC2CCCCC2)[C@@H](OC(C)=O)[C@@H]1OC(C)=O. The van der Waals surface area contributed by atoms with Gasteiger partial charge in [0, 0.05) is 33.7 Å². The van der Waals surface area contributed by atoms with E-state index in [1.54, 1.807) is 0 Å². The van der Waals surface area contributed by atoms with E-state index in [0.29, 0.717) is 0 Å². The van der Waals surface area contributed by atoms with Gasteiger partial charge in [-0.2, -0.15) is 0 Å². The summed E-state index contributed by atoms with van der Waals surface area (Å²) in [6, 6.07) is -1.81. The number of ether oxygens (including phenoxy) is 5. The van der Waals surface area contributed by atoms with E-state index in [0.717, 1.165) is 52.9 Å². The van der Waals surface area contributed by atoms with E-state index < -0.39 is 60.6 Å². The highest BCUT2D eigenvalue weighted by atomic mass is 16.7. The molecule has 33 heavy (non-hydrogen) atoms. The molecule has 2 rings (SSSR count). The van der Waals surface area contributed by atoms with Gasteiger partial charge in [-0.1, -0.05) is 19.3 Å². The maximum atomic E-state index is 12.7. The second-order valence-corrected chi connectivity index (χ2v) is 8.08. The van der Waals surface area contributed by atoms with Crippen molar-refractivity contribution in [1.29, 1.82) is 0 Å². The van der Waals surface area contributed by atoms with Gasteiger partial charge in [-0.05, 0) is 12.8 Å². The minimum Gasteiger partial charge on any atom is -0.463 e. The van der Waals surface area contributed by atoms with Gasteiger partial charge in [0.05, 0.1) is 0 Å². The molecule has 0 aromatic carbocycles. The van der Waals surface area contributed by atoms with Crippen LogP contribution in [-0.2, 0) is 42.9 Å². The van der Waals surface area contributed by atoms with Crippen LogP contribution in [-0.4, -0.2) is 73.2 Å². The third-order valence-electron chi connectivity index (χ3n) is 5.22. The number of nitrogens with one attached hydrogen (secondary N) is 2. The highest BCUT2D eigenvalue weighted by Gasteiger charge is 2.52. The molecule has 12 nitrogen and oxygen atoms in total. The van der Waals surface area contributed by atoms with Gasteiger partial charge in [0.2, 0.25) is 6.29 Å². The molecule has 12 heteroatoms. The Balaban J connectivity index is 2.31. The maximum absolute atomic E-state index is 12.7. The smallest absolute Gasteiger partial charge is 0.315 e. The standard InChI is InChI=1S/C21H32N2O10/c1-11(24)29-10-16-18(30-12(2)25)19(31-13(3)26)17(20(33-16)32-14(4)27)23-21(28)22-15-8-6-5-7-9-15/h15-20H,5-10H2,1-4H3,(H2,22,23,28)/t16-,17-,18-,19-,20-/m1/s1. The molecule has 2 N–H and O–H groups in total. The summed E-state index contributed by atoms with van der Waals surface area (Å²) in [5, 5.41) is 5.49. The quantitative estimate of drug-likeness (QED) is 0.399. The fraction of sp³-hybridized carbons (Fsp3) is 0.762. The highest BCUT2D eigenvalue weighted by molar-refractivity contribution is 5.75. The maximum Gasteiger partial charge on any atom is 0.315 e. The lowest BCUT2D eigenvalue weighted by Crippen LogP contribution is -2.68. The summed E-state index contributed by atoms with van der Waals surface area (Å²) in [5.41, 5.74) is 0. The van der Waals surface area contributed by atoms with Crippen molar-refractivity contribution in [2.24, 2.45) is 0 Å². The number of urea groups is 1. The second kappa shape index (κ2) is 12.4. The van der Waals surface area contributed by atoms with Crippen molar-refractivity contribution in [2.45, 2.75) is 96.5 Å². The van der Waals surface area contributed by atoms with Crippen molar-refractivity contribution >= 4 is 29.9 Å². The summed E-state index contributed by atoms with van der Waals surface area (Å²) < 4.78 is 26.7. The molecule has 2 amide bonds. The molecule has 1 aliphatic carbocycles. The Hall–Kier alpha value is -2.89. The zero-order valence-electron chi connectivity index (χ0n) is 19.3. The number of carbonyl (C=O) groups excluding carboxylic acids is 5. The van der Waals surface area contributed by atoms with Crippen molar-refractivity contribution in [1.82, 2.24) is 10.6 Å². The molecule has 1 aliphatic heterocycles. The molecule has 186 valence electrons. The third-order valence-corrected chi connectivity index (χ3v) is 5.22. The Morgan fingerprint density at radius 2 is 1.33 bits per heavy atom.